The molecule has 0 unspecified atom stereocenters. The molecular formula is C20H32O4. The maximum atomic E-state index is 10.5. The SMILES string of the molecule is CCCC=CCOC[C@H]1[C@H](C/C=C\CCCC(=O)O)[C@H]2CC[C@@H]1O2. The van der Waals surface area contributed by atoms with Gasteiger partial charge in [-0.3, -0.25) is 4.79 Å². The van der Waals surface area contributed by atoms with Crippen molar-refractivity contribution < 1.29 is 19.4 Å². The van der Waals surface area contributed by atoms with Crippen LogP contribution in [-0.4, -0.2) is 36.5 Å². The number of hydrogen-bond donors (Lipinski definition) is 1. The first-order valence-electron chi connectivity index (χ1n) is 9.47. The molecule has 2 rings (SSSR count). The molecule has 0 amide bonds. The minimum Gasteiger partial charge on any atom is -0.481 e. The minimum atomic E-state index is -0.713. The molecular weight excluding hydrogens is 304 g/mol. The van der Waals surface area contributed by atoms with Gasteiger partial charge in [0, 0.05) is 12.3 Å². The largest absolute Gasteiger partial charge is 0.481 e. The van der Waals surface area contributed by atoms with Gasteiger partial charge in [-0.15, -0.1) is 0 Å². The fourth-order valence-electron chi connectivity index (χ4n) is 3.80. The van der Waals surface area contributed by atoms with Crippen LogP contribution in [0.2, 0.25) is 0 Å². The van der Waals surface area contributed by atoms with Gasteiger partial charge in [-0.2, -0.15) is 0 Å². The second-order valence-corrected chi connectivity index (χ2v) is 6.91. The lowest BCUT2D eigenvalue weighted by atomic mass is 9.78. The summed E-state index contributed by atoms with van der Waals surface area (Å²) in [6, 6.07) is 0. The van der Waals surface area contributed by atoms with Gasteiger partial charge in [-0.05, 0) is 44.4 Å². The van der Waals surface area contributed by atoms with Crippen molar-refractivity contribution in [3.8, 4) is 0 Å². The summed E-state index contributed by atoms with van der Waals surface area (Å²) in [7, 11) is 0. The molecule has 2 saturated heterocycles. The lowest BCUT2D eigenvalue weighted by molar-refractivity contribution is -0.137. The van der Waals surface area contributed by atoms with Crippen LogP contribution in [0.3, 0.4) is 0 Å². The van der Waals surface area contributed by atoms with Crippen LogP contribution in [0.4, 0.5) is 0 Å². The molecule has 0 saturated carbocycles. The summed E-state index contributed by atoms with van der Waals surface area (Å²) in [5.74, 6) is 0.348. The fourth-order valence-corrected chi connectivity index (χ4v) is 3.80. The molecule has 136 valence electrons. The van der Waals surface area contributed by atoms with E-state index in [1.165, 1.54) is 19.3 Å². The number of fused-ring (bicyclic) bond motifs is 2. The minimum absolute atomic E-state index is 0.254. The summed E-state index contributed by atoms with van der Waals surface area (Å²) >= 11 is 0. The molecule has 4 nitrogen and oxygen atoms in total. The van der Waals surface area contributed by atoms with Crippen molar-refractivity contribution in [3.05, 3.63) is 24.3 Å². The van der Waals surface area contributed by atoms with Crippen LogP contribution in [0.1, 0.15) is 58.3 Å². The number of carbonyl (C=O) groups is 1. The van der Waals surface area contributed by atoms with E-state index in [9.17, 15) is 4.79 Å². The van der Waals surface area contributed by atoms with E-state index in [1.54, 1.807) is 0 Å². The van der Waals surface area contributed by atoms with Crippen molar-refractivity contribution in [2.24, 2.45) is 11.8 Å². The standard InChI is InChI=1S/C20H32O4/c1-2-3-4-9-14-23-15-17-16(18-12-13-19(17)24-18)10-7-5-6-8-11-20(21)22/h4-5,7,9,16-19H,2-3,6,8,10-15H2,1H3,(H,21,22)/b7-5-,9-4?/t16-,17-,18+,19-/m0/s1. The third-order valence-electron chi connectivity index (χ3n) is 5.07. The van der Waals surface area contributed by atoms with E-state index in [4.69, 9.17) is 14.6 Å². The molecule has 2 fully saturated rings. The molecule has 2 aliphatic rings. The Morgan fingerprint density at radius 3 is 2.62 bits per heavy atom. The second-order valence-electron chi connectivity index (χ2n) is 6.91. The first kappa shape index (κ1) is 19.2. The molecule has 4 atom stereocenters. The molecule has 24 heavy (non-hydrogen) atoms. The maximum absolute atomic E-state index is 10.5. The van der Waals surface area contributed by atoms with Crippen molar-refractivity contribution in [2.75, 3.05) is 13.2 Å². The summed E-state index contributed by atoms with van der Waals surface area (Å²) in [5.41, 5.74) is 0. The van der Waals surface area contributed by atoms with Crippen molar-refractivity contribution in [1.82, 2.24) is 0 Å². The van der Waals surface area contributed by atoms with E-state index in [2.05, 4.69) is 31.2 Å². The van der Waals surface area contributed by atoms with Gasteiger partial charge in [0.2, 0.25) is 0 Å². The van der Waals surface area contributed by atoms with Crippen molar-refractivity contribution in [1.29, 1.82) is 0 Å². The van der Waals surface area contributed by atoms with E-state index in [-0.39, 0.29) is 6.42 Å². The zero-order chi connectivity index (χ0) is 17.2. The van der Waals surface area contributed by atoms with Crippen molar-refractivity contribution >= 4 is 5.97 Å². The van der Waals surface area contributed by atoms with Gasteiger partial charge in [-0.25, -0.2) is 0 Å². The van der Waals surface area contributed by atoms with Crippen LogP contribution in [0.5, 0.6) is 0 Å². The fraction of sp³-hybridized carbons (Fsp3) is 0.750. The van der Waals surface area contributed by atoms with Gasteiger partial charge in [0.25, 0.3) is 0 Å². The molecule has 0 aromatic heterocycles. The number of allylic oxidation sites excluding steroid dienone is 3. The third kappa shape index (κ3) is 6.06. The summed E-state index contributed by atoms with van der Waals surface area (Å²) in [6.07, 6.45) is 16.9. The van der Waals surface area contributed by atoms with Gasteiger partial charge in [-0.1, -0.05) is 37.6 Å². The average molecular weight is 336 g/mol. The second kappa shape index (κ2) is 10.7. The highest BCUT2D eigenvalue weighted by Gasteiger charge is 2.47. The Labute approximate surface area is 145 Å². The van der Waals surface area contributed by atoms with E-state index in [0.717, 1.165) is 32.3 Å². The van der Waals surface area contributed by atoms with Crippen LogP contribution in [-0.2, 0) is 14.3 Å². The Balaban J connectivity index is 1.69. The van der Waals surface area contributed by atoms with E-state index >= 15 is 0 Å². The first-order chi connectivity index (χ1) is 11.7. The lowest BCUT2D eigenvalue weighted by Gasteiger charge is -2.26. The molecule has 0 aliphatic carbocycles. The molecule has 4 heteroatoms. The van der Waals surface area contributed by atoms with E-state index in [0.29, 0.717) is 30.7 Å². The Morgan fingerprint density at radius 2 is 1.88 bits per heavy atom. The van der Waals surface area contributed by atoms with E-state index < -0.39 is 5.97 Å². The summed E-state index contributed by atoms with van der Waals surface area (Å²) in [6.45, 7) is 3.67. The van der Waals surface area contributed by atoms with Crippen LogP contribution >= 0.6 is 0 Å². The Bertz CT molecular complexity index is 429. The average Bonchev–Trinajstić information content (AvgIpc) is 3.15. The highest BCUT2D eigenvalue weighted by atomic mass is 16.5. The number of carboxylic acid groups (broad SMARTS) is 1. The number of carboxylic acids is 1. The quantitative estimate of drug-likeness (QED) is 0.425. The Kier molecular flexibility index (Phi) is 8.54. The predicted molar refractivity (Wildman–Crippen MR) is 95.0 cm³/mol. The predicted octanol–water partition coefficient (Wildman–Crippen LogP) is 4.35. The molecule has 2 aliphatic heterocycles. The van der Waals surface area contributed by atoms with Gasteiger partial charge in [0.1, 0.15) is 0 Å². The molecule has 0 spiro atoms. The molecule has 2 bridgehead atoms. The van der Waals surface area contributed by atoms with Gasteiger partial charge >= 0.3 is 5.97 Å². The normalized spacial score (nSPS) is 29.2. The third-order valence-corrected chi connectivity index (χ3v) is 5.07. The van der Waals surface area contributed by atoms with Gasteiger partial charge in [0.15, 0.2) is 0 Å². The zero-order valence-electron chi connectivity index (χ0n) is 14.9. The number of aliphatic carboxylic acids is 1. The monoisotopic (exact) mass is 336 g/mol. The molecule has 0 radical (unpaired) electrons. The van der Waals surface area contributed by atoms with Crippen LogP contribution in [0.15, 0.2) is 24.3 Å². The number of hydrogen-bond acceptors (Lipinski definition) is 3. The number of unbranched alkanes of at least 4 members (excludes halogenated alkanes) is 2. The summed E-state index contributed by atoms with van der Waals surface area (Å²) < 4.78 is 12.0. The van der Waals surface area contributed by atoms with Crippen LogP contribution in [0.25, 0.3) is 0 Å². The number of rotatable bonds is 12. The molecule has 2 heterocycles. The summed E-state index contributed by atoms with van der Waals surface area (Å²) in [4.78, 5) is 10.5. The van der Waals surface area contributed by atoms with Crippen LogP contribution in [0, 0.1) is 11.8 Å². The first-order valence-corrected chi connectivity index (χ1v) is 9.47. The highest BCUT2D eigenvalue weighted by molar-refractivity contribution is 5.66. The Morgan fingerprint density at radius 1 is 1.12 bits per heavy atom. The van der Waals surface area contributed by atoms with Crippen molar-refractivity contribution in [3.63, 3.8) is 0 Å². The molecule has 0 aromatic rings. The Hall–Kier alpha value is -1.13. The number of ether oxygens (including phenoxy) is 2. The topological polar surface area (TPSA) is 55.8 Å². The lowest BCUT2D eigenvalue weighted by Crippen LogP contribution is -2.30. The van der Waals surface area contributed by atoms with Gasteiger partial charge < -0.3 is 14.6 Å². The summed E-state index contributed by atoms with van der Waals surface area (Å²) in [5, 5.41) is 8.64. The van der Waals surface area contributed by atoms with Crippen molar-refractivity contribution in [2.45, 2.75) is 70.5 Å². The smallest absolute Gasteiger partial charge is 0.303 e. The van der Waals surface area contributed by atoms with Crippen LogP contribution < -0.4 is 0 Å². The van der Waals surface area contributed by atoms with E-state index in [1.807, 2.05) is 0 Å². The zero-order valence-corrected chi connectivity index (χ0v) is 14.9. The molecule has 1 N–H and O–H groups in total. The maximum Gasteiger partial charge on any atom is 0.303 e. The van der Waals surface area contributed by atoms with Gasteiger partial charge in [0.05, 0.1) is 25.4 Å². The highest BCUT2D eigenvalue weighted by Crippen LogP contribution is 2.45. The molecule has 0 aromatic carbocycles.